The maximum Gasteiger partial charge on any atom is 0.326 e. The van der Waals surface area contributed by atoms with Gasteiger partial charge in [0.05, 0.1) is 11.0 Å². The largest absolute Gasteiger partial charge is 0.326 e. The van der Waals surface area contributed by atoms with Gasteiger partial charge in [0.15, 0.2) is 0 Å². The summed E-state index contributed by atoms with van der Waals surface area (Å²) < 4.78 is 15.0. The topological polar surface area (TPSA) is 41.0 Å². The summed E-state index contributed by atoms with van der Waals surface area (Å²) >= 11 is 0. The molecule has 1 aromatic heterocycles. The van der Waals surface area contributed by atoms with Gasteiger partial charge in [0, 0.05) is 12.6 Å². The number of hydrogen-bond acceptors (Lipinski definition) is 2. The lowest BCUT2D eigenvalue weighted by molar-refractivity contribution is 0.167. The summed E-state index contributed by atoms with van der Waals surface area (Å²) in [4.78, 5) is 17.1. The van der Waals surface area contributed by atoms with Crippen LogP contribution in [0.25, 0.3) is 11.0 Å². The number of aromatic amines is 1. The molecule has 0 amide bonds. The van der Waals surface area contributed by atoms with Crippen LogP contribution in [0, 0.1) is 5.82 Å². The van der Waals surface area contributed by atoms with Crippen molar-refractivity contribution in [3.05, 3.63) is 34.5 Å². The van der Waals surface area contributed by atoms with Crippen molar-refractivity contribution in [2.45, 2.75) is 31.8 Å². The Labute approximate surface area is 110 Å². The lowest BCUT2D eigenvalue weighted by Crippen LogP contribution is -2.40. The van der Waals surface area contributed by atoms with Gasteiger partial charge in [0.2, 0.25) is 0 Å². The second-order valence-corrected chi connectivity index (χ2v) is 5.33. The SMILES string of the molecule is CN1CCCCC1Cn1c(=O)[nH]c2ccc(F)cc21. The normalized spacial score (nSPS) is 21.1. The number of nitrogens with one attached hydrogen (secondary N) is 1. The third-order valence-electron chi connectivity index (χ3n) is 4.05. The minimum atomic E-state index is -0.308. The molecule has 1 atom stereocenters. The number of fused-ring (bicyclic) bond motifs is 1. The predicted octanol–water partition coefficient (Wildman–Crippen LogP) is 1.95. The smallest absolute Gasteiger partial charge is 0.306 e. The number of piperidine rings is 1. The van der Waals surface area contributed by atoms with Gasteiger partial charge in [0.25, 0.3) is 0 Å². The summed E-state index contributed by atoms with van der Waals surface area (Å²) in [6.45, 7) is 1.69. The number of hydrogen-bond donors (Lipinski definition) is 1. The van der Waals surface area contributed by atoms with Crippen LogP contribution in [0.15, 0.2) is 23.0 Å². The van der Waals surface area contributed by atoms with E-state index in [2.05, 4.69) is 16.9 Å². The highest BCUT2D eigenvalue weighted by Crippen LogP contribution is 2.18. The molecule has 1 aliphatic rings. The molecule has 3 rings (SSSR count). The Morgan fingerprint density at radius 1 is 1.42 bits per heavy atom. The summed E-state index contributed by atoms with van der Waals surface area (Å²) in [5, 5.41) is 0. The average Bonchev–Trinajstić information content (AvgIpc) is 2.69. The first-order valence-corrected chi connectivity index (χ1v) is 6.73. The Hall–Kier alpha value is -1.62. The molecule has 4 nitrogen and oxygen atoms in total. The van der Waals surface area contributed by atoms with E-state index in [4.69, 9.17) is 0 Å². The van der Waals surface area contributed by atoms with Gasteiger partial charge >= 0.3 is 5.69 Å². The molecule has 0 bridgehead atoms. The molecule has 0 saturated carbocycles. The van der Waals surface area contributed by atoms with E-state index in [1.807, 2.05) is 0 Å². The highest BCUT2D eigenvalue weighted by Gasteiger charge is 2.21. The van der Waals surface area contributed by atoms with Gasteiger partial charge in [-0.05, 0) is 44.6 Å². The minimum Gasteiger partial charge on any atom is -0.306 e. The molecule has 0 spiro atoms. The number of nitrogens with zero attached hydrogens (tertiary/aromatic N) is 2. The third-order valence-corrected chi connectivity index (χ3v) is 4.05. The molecule has 1 N–H and O–H groups in total. The number of imidazole rings is 1. The first kappa shape index (κ1) is 12.4. The van der Waals surface area contributed by atoms with Crippen molar-refractivity contribution >= 4 is 11.0 Å². The maximum atomic E-state index is 13.3. The van der Waals surface area contributed by atoms with E-state index in [0.717, 1.165) is 13.0 Å². The highest BCUT2D eigenvalue weighted by molar-refractivity contribution is 5.75. The van der Waals surface area contributed by atoms with Crippen LogP contribution in [-0.4, -0.2) is 34.1 Å². The van der Waals surface area contributed by atoms with Crippen LogP contribution >= 0.6 is 0 Å². The summed E-state index contributed by atoms with van der Waals surface area (Å²) in [7, 11) is 2.09. The lowest BCUT2D eigenvalue weighted by Gasteiger charge is -2.32. The van der Waals surface area contributed by atoms with Gasteiger partial charge in [-0.15, -0.1) is 0 Å². The van der Waals surface area contributed by atoms with Crippen LogP contribution in [-0.2, 0) is 6.54 Å². The van der Waals surface area contributed by atoms with Gasteiger partial charge in [-0.25, -0.2) is 9.18 Å². The molecule has 1 aliphatic heterocycles. The van der Waals surface area contributed by atoms with E-state index < -0.39 is 0 Å². The van der Waals surface area contributed by atoms with Crippen molar-refractivity contribution in [2.24, 2.45) is 0 Å². The summed E-state index contributed by atoms with van der Waals surface area (Å²) in [6, 6.07) is 4.77. The molecule has 1 saturated heterocycles. The molecule has 1 fully saturated rings. The second-order valence-electron chi connectivity index (χ2n) is 5.33. The van der Waals surface area contributed by atoms with E-state index >= 15 is 0 Å². The summed E-state index contributed by atoms with van der Waals surface area (Å²) in [6.07, 6.45) is 3.50. The Morgan fingerprint density at radius 2 is 2.26 bits per heavy atom. The van der Waals surface area contributed by atoms with Crippen molar-refractivity contribution in [1.82, 2.24) is 14.5 Å². The first-order valence-electron chi connectivity index (χ1n) is 6.73. The van der Waals surface area contributed by atoms with E-state index in [9.17, 15) is 9.18 Å². The third kappa shape index (κ3) is 2.30. The van der Waals surface area contributed by atoms with Crippen molar-refractivity contribution in [2.75, 3.05) is 13.6 Å². The van der Waals surface area contributed by atoms with Gasteiger partial charge in [-0.2, -0.15) is 0 Å². The fraction of sp³-hybridized carbons (Fsp3) is 0.500. The van der Waals surface area contributed by atoms with E-state index in [0.29, 0.717) is 23.6 Å². The fourth-order valence-corrected chi connectivity index (χ4v) is 2.89. The fourth-order valence-electron chi connectivity index (χ4n) is 2.89. The van der Waals surface area contributed by atoms with Crippen molar-refractivity contribution < 1.29 is 4.39 Å². The molecular formula is C14H18FN3O. The average molecular weight is 263 g/mol. The number of likely N-dealkylation sites (tertiary alicyclic amines) is 1. The van der Waals surface area contributed by atoms with Crippen LogP contribution in [0.1, 0.15) is 19.3 Å². The quantitative estimate of drug-likeness (QED) is 0.899. The van der Waals surface area contributed by atoms with Crippen molar-refractivity contribution in [1.29, 1.82) is 0 Å². The Bertz CT molecular complexity index is 646. The molecule has 5 heteroatoms. The first-order chi connectivity index (χ1) is 9.15. The van der Waals surface area contributed by atoms with E-state index in [1.165, 1.54) is 25.0 Å². The minimum absolute atomic E-state index is 0.153. The molecule has 1 aromatic carbocycles. The highest BCUT2D eigenvalue weighted by atomic mass is 19.1. The number of likely N-dealkylation sites (N-methyl/N-ethyl adjacent to an activating group) is 1. The van der Waals surface area contributed by atoms with Gasteiger partial charge in [0.1, 0.15) is 5.82 Å². The standard InChI is InChI=1S/C14H18FN3O/c1-17-7-3-2-4-11(17)9-18-13-8-10(15)5-6-12(13)16-14(18)19/h5-6,8,11H,2-4,7,9H2,1H3,(H,16,19). The molecule has 1 unspecified atom stereocenters. The second kappa shape index (κ2) is 4.81. The molecule has 102 valence electrons. The van der Waals surface area contributed by atoms with Crippen LogP contribution < -0.4 is 5.69 Å². The van der Waals surface area contributed by atoms with Crippen molar-refractivity contribution in [3.63, 3.8) is 0 Å². The zero-order valence-electron chi connectivity index (χ0n) is 11.0. The Morgan fingerprint density at radius 3 is 3.05 bits per heavy atom. The van der Waals surface area contributed by atoms with Crippen LogP contribution in [0.3, 0.4) is 0 Å². The molecule has 0 aliphatic carbocycles. The number of H-pyrrole nitrogens is 1. The number of aromatic nitrogens is 2. The van der Waals surface area contributed by atoms with Crippen LogP contribution in [0.5, 0.6) is 0 Å². The zero-order chi connectivity index (χ0) is 13.4. The summed E-state index contributed by atoms with van der Waals surface area (Å²) in [5.41, 5.74) is 1.20. The van der Waals surface area contributed by atoms with Gasteiger partial charge in [-0.3, -0.25) is 4.57 Å². The summed E-state index contributed by atoms with van der Waals surface area (Å²) in [5.74, 6) is -0.308. The molecule has 0 radical (unpaired) electrons. The van der Waals surface area contributed by atoms with E-state index in [-0.39, 0.29) is 11.5 Å². The zero-order valence-corrected chi connectivity index (χ0v) is 11.0. The van der Waals surface area contributed by atoms with Crippen molar-refractivity contribution in [3.8, 4) is 0 Å². The molecule has 2 heterocycles. The van der Waals surface area contributed by atoms with Crippen LogP contribution in [0.2, 0.25) is 0 Å². The molecule has 19 heavy (non-hydrogen) atoms. The number of benzene rings is 1. The monoisotopic (exact) mass is 263 g/mol. The predicted molar refractivity (Wildman–Crippen MR) is 72.8 cm³/mol. The molecule has 2 aromatic rings. The maximum absolute atomic E-state index is 13.3. The molecular weight excluding hydrogens is 245 g/mol. The van der Waals surface area contributed by atoms with Gasteiger partial charge in [-0.1, -0.05) is 6.42 Å². The number of rotatable bonds is 2. The van der Waals surface area contributed by atoms with Crippen LogP contribution in [0.4, 0.5) is 4.39 Å². The van der Waals surface area contributed by atoms with E-state index in [1.54, 1.807) is 10.6 Å². The van der Waals surface area contributed by atoms with Gasteiger partial charge < -0.3 is 9.88 Å². The Balaban J connectivity index is 1.97. The lowest BCUT2D eigenvalue weighted by atomic mass is 10.0. The number of halogens is 1. The Kier molecular flexibility index (Phi) is 3.14.